The Bertz CT molecular complexity index is 197. The van der Waals surface area contributed by atoms with E-state index in [0.29, 0.717) is 6.04 Å². The van der Waals surface area contributed by atoms with E-state index in [0.717, 1.165) is 11.8 Å². The fraction of sp³-hybridized carbons (Fsp3) is 1.00. The molecule has 2 heteroatoms. The van der Waals surface area contributed by atoms with Crippen LogP contribution < -0.4 is 5.32 Å². The van der Waals surface area contributed by atoms with Crippen LogP contribution in [0.4, 0.5) is 0 Å². The van der Waals surface area contributed by atoms with Gasteiger partial charge in [0.2, 0.25) is 0 Å². The van der Waals surface area contributed by atoms with Crippen molar-refractivity contribution in [2.45, 2.75) is 52.0 Å². The van der Waals surface area contributed by atoms with Crippen molar-refractivity contribution < 1.29 is 0 Å². The third-order valence-electron chi connectivity index (χ3n) is 4.44. The highest BCUT2D eigenvalue weighted by Gasteiger charge is 2.20. The number of piperazine rings is 1. The summed E-state index contributed by atoms with van der Waals surface area (Å²) in [4.78, 5) is 2.65. The first-order valence-corrected chi connectivity index (χ1v) is 7.20. The highest BCUT2D eigenvalue weighted by atomic mass is 15.2. The molecule has 0 aromatic heterocycles. The summed E-state index contributed by atoms with van der Waals surface area (Å²) in [5.74, 6) is 2.02. The number of nitrogens with zero attached hydrogens (tertiary/aromatic N) is 1. The number of rotatable bonds is 3. The summed E-state index contributed by atoms with van der Waals surface area (Å²) in [5.41, 5.74) is 0. The molecule has 2 aliphatic rings. The maximum Gasteiger partial charge on any atom is 0.0167 e. The van der Waals surface area contributed by atoms with Crippen LogP contribution in [0.3, 0.4) is 0 Å². The van der Waals surface area contributed by atoms with Crippen molar-refractivity contribution in [3.05, 3.63) is 0 Å². The van der Waals surface area contributed by atoms with Gasteiger partial charge in [0.15, 0.2) is 0 Å². The van der Waals surface area contributed by atoms with E-state index in [1.165, 1.54) is 58.3 Å². The van der Waals surface area contributed by atoms with Gasteiger partial charge < -0.3 is 10.2 Å². The average Bonchev–Trinajstić information content (AvgIpc) is 2.28. The van der Waals surface area contributed by atoms with Crippen molar-refractivity contribution in [3.8, 4) is 0 Å². The fourth-order valence-corrected chi connectivity index (χ4v) is 3.20. The second-order valence-electron chi connectivity index (χ2n) is 6.07. The summed E-state index contributed by atoms with van der Waals surface area (Å²) < 4.78 is 0. The highest BCUT2D eigenvalue weighted by Crippen LogP contribution is 2.30. The molecular weight excluding hydrogens is 196 g/mol. The van der Waals surface area contributed by atoms with Crippen molar-refractivity contribution in [2.24, 2.45) is 11.8 Å². The molecule has 1 saturated carbocycles. The maximum absolute atomic E-state index is 3.51. The van der Waals surface area contributed by atoms with E-state index in [-0.39, 0.29) is 0 Å². The van der Waals surface area contributed by atoms with Crippen molar-refractivity contribution in [1.29, 1.82) is 0 Å². The Morgan fingerprint density at radius 2 is 1.88 bits per heavy atom. The molecule has 0 aromatic carbocycles. The Morgan fingerprint density at radius 3 is 2.56 bits per heavy atom. The van der Waals surface area contributed by atoms with Gasteiger partial charge in [-0.05, 0) is 31.7 Å². The SMILES string of the molecule is CC1CCC(CCN2CCNC(C)C2)CC1. The zero-order chi connectivity index (χ0) is 11.4. The van der Waals surface area contributed by atoms with Gasteiger partial charge in [0.05, 0.1) is 0 Å². The van der Waals surface area contributed by atoms with Gasteiger partial charge in [0, 0.05) is 25.7 Å². The molecule has 16 heavy (non-hydrogen) atoms. The van der Waals surface area contributed by atoms with Gasteiger partial charge in [-0.1, -0.05) is 32.6 Å². The molecule has 0 aromatic rings. The highest BCUT2D eigenvalue weighted by molar-refractivity contribution is 4.77. The summed E-state index contributed by atoms with van der Waals surface area (Å²) in [5, 5.41) is 3.51. The molecule has 2 rings (SSSR count). The molecule has 1 saturated heterocycles. The largest absolute Gasteiger partial charge is 0.312 e. The molecular formula is C14H28N2. The lowest BCUT2D eigenvalue weighted by atomic mass is 9.81. The molecule has 0 spiro atoms. The van der Waals surface area contributed by atoms with Gasteiger partial charge in [-0.15, -0.1) is 0 Å². The van der Waals surface area contributed by atoms with Crippen LogP contribution in [-0.2, 0) is 0 Å². The molecule has 0 bridgehead atoms. The minimum absolute atomic E-state index is 0.695. The molecule has 2 nitrogen and oxygen atoms in total. The monoisotopic (exact) mass is 224 g/mol. The molecule has 0 radical (unpaired) electrons. The van der Waals surface area contributed by atoms with E-state index in [9.17, 15) is 0 Å². The van der Waals surface area contributed by atoms with Crippen LogP contribution in [0.1, 0.15) is 46.0 Å². The van der Waals surface area contributed by atoms with Gasteiger partial charge in [-0.3, -0.25) is 0 Å². The summed E-state index contributed by atoms with van der Waals surface area (Å²) in [6, 6.07) is 0.695. The lowest BCUT2D eigenvalue weighted by Crippen LogP contribution is -2.49. The standard InChI is InChI=1S/C14H28N2/c1-12-3-5-14(6-4-12)7-9-16-10-8-15-13(2)11-16/h12-15H,3-11H2,1-2H3. The van der Waals surface area contributed by atoms with Crippen LogP contribution in [0.25, 0.3) is 0 Å². The van der Waals surface area contributed by atoms with Gasteiger partial charge in [-0.2, -0.15) is 0 Å². The fourth-order valence-electron chi connectivity index (χ4n) is 3.20. The van der Waals surface area contributed by atoms with Crippen molar-refractivity contribution in [2.75, 3.05) is 26.2 Å². The molecule has 2 fully saturated rings. The molecule has 1 aliphatic carbocycles. The molecule has 1 N–H and O–H groups in total. The van der Waals surface area contributed by atoms with E-state index in [1.807, 2.05) is 0 Å². The summed E-state index contributed by atoms with van der Waals surface area (Å²) in [6.07, 6.45) is 7.37. The van der Waals surface area contributed by atoms with Crippen LogP contribution in [0.15, 0.2) is 0 Å². The Hall–Kier alpha value is -0.0800. The lowest BCUT2D eigenvalue weighted by Gasteiger charge is -2.34. The first-order chi connectivity index (χ1) is 7.74. The topological polar surface area (TPSA) is 15.3 Å². The third-order valence-corrected chi connectivity index (χ3v) is 4.44. The van der Waals surface area contributed by atoms with E-state index < -0.39 is 0 Å². The average molecular weight is 224 g/mol. The zero-order valence-corrected chi connectivity index (χ0v) is 11.0. The first kappa shape index (κ1) is 12.4. The third kappa shape index (κ3) is 3.74. The quantitative estimate of drug-likeness (QED) is 0.792. The predicted molar refractivity (Wildman–Crippen MR) is 69.6 cm³/mol. The van der Waals surface area contributed by atoms with Crippen LogP contribution in [0.5, 0.6) is 0 Å². The van der Waals surface area contributed by atoms with Crippen LogP contribution >= 0.6 is 0 Å². The van der Waals surface area contributed by atoms with Gasteiger partial charge >= 0.3 is 0 Å². The summed E-state index contributed by atoms with van der Waals surface area (Å²) in [7, 11) is 0. The van der Waals surface area contributed by atoms with Gasteiger partial charge in [0.1, 0.15) is 0 Å². The molecule has 1 atom stereocenters. The van der Waals surface area contributed by atoms with Gasteiger partial charge in [0.25, 0.3) is 0 Å². The molecule has 1 heterocycles. The van der Waals surface area contributed by atoms with Crippen LogP contribution in [0, 0.1) is 11.8 Å². The number of nitrogens with one attached hydrogen (secondary N) is 1. The summed E-state index contributed by atoms with van der Waals surface area (Å²) in [6.45, 7) is 9.74. The predicted octanol–water partition coefficient (Wildman–Crippen LogP) is 2.50. The van der Waals surface area contributed by atoms with Crippen LogP contribution in [-0.4, -0.2) is 37.1 Å². The molecule has 1 unspecified atom stereocenters. The van der Waals surface area contributed by atoms with E-state index >= 15 is 0 Å². The zero-order valence-electron chi connectivity index (χ0n) is 11.0. The first-order valence-electron chi connectivity index (χ1n) is 7.20. The maximum atomic E-state index is 3.51. The number of hydrogen-bond donors (Lipinski definition) is 1. The van der Waals surface area contributed by atoms with Crippen molar-refractivity contribution in [1.82, 2.24) is 10.2 Å². The molecule has 94 valence electrons. The normalized spacial score (nSPS) is 37.5. The Morgan fingerprint density at radius 1 is 1.12 bits per heavy atom. The van der Waals surface area contributed by atoms with E-state index in [4.69, 9.17) is 0 Å². The Kier molecular flexibility index (Phi) is 4.66. The lowest BCUT2D eigenvalue weighted by molar-refractivity contribution is 0.179. The molecule has 1 aliphatic heterocycles. The van der Waals surface area contributed by atoms with E-state index in [1.54, 1.807) is 0 Å². The minimum atomic E-state index is 0.695. The van der Waals surface area contributed by atoms with E-state index in [2.05, 4.69) is 24.1 Å². The second kappa shape index (κ2) is 6.02. The Labute approximate surface area is 101 Å². The summed E-state index contributed by atoms with van der Waals surface area (Å²) >= 11 is 0. The Balaban J connectivity index is 1.63. The van der Waals surface area contributed by atoms with Crippen molar-refractivity contribution in [3.63, 3.8) is 0 Å². The minimum Gasteiger partial charge on any atom is -0.312 e. The van der Waals surface area contributed by atoms with Crippen LogP contribution in [0.2, 0.25) is 0 Å². The van der Waals surface area contributed by atoms with Gasteiger partial charge in [-0.25, -0.2) is 0 Å². The number of hydrogen-bond acceptors (Lipinski definition) is 2. The smallest absolute Gasteiger partial charge is 0.0167 e. The molecule has 0 amide bonds. The second-order valence-corrected chi connectivity index (χ2v) is 6.07. The van der Waals surface area contributed by atoms with Crippen molar-refractivity contribution >= 4 is 0 Å².